The lowest BCUT2D eigenvalue weighted by Crippen LogP contribution is -2.55. The van der Waals surface area contributed by atoms with Gasteiger partial charge >= 0.3 is 0 Å². The maximum Gasteiger partial charge on any atom is 0.194 e. The summed E-state index contributed by atoms with van der Waals surface area (Å²) in [4.78, 5) is 4.36. The second kappa shape index (κ2) is 10.3. The molecule has 37 heavy (non-hydrogen) atoms. The van der Waals surface area contributed by atoms with Gasteiger partial charge in [0.25, 0.3) is 0 Å². The van der Waals surface area contributed by atoms with E-state index in [-0.39, 0.29) is 11.3 Å². The number of hydrogen-bond acceptors (Lipinski definition) is 10. The van der Waals surface area contributed by atoms with Crippen LogP contribution in [0.1, 0.15) is 42.5 Å². The Morgan fingerprint density at radius 2 is 1.78 bits per heavy atom. The second-order valence-electron chi connectivity index (χ2n) is 9.38. The molecule has 14 heteroatoms. The molecule has 1 aliphatic rings. The van der Waals surface area contributed by atoms with Gasteiger partial charge in [-0.05, 0) is 32.9 Å². The molecule has 4 rings (SSSR count). The Morgan fingerprint density at radius 1 is 1.14 bits per heavy atom. The summed E-state index contributed by atoms with van der Waals surface area (Å²) in [6.07, 6.45) is -2.83. The monoisotopic (exact) mass is 544 g/mol. The minimum atomic E-state index is -1.63. The molecule has 1 aromatic carbocycles. The van der Waals surface area contributed by atoms with Crippen LogP contribution in [-0.4, -0.2) is 76.4 Å². The molecule has 4 N–H and O–H groups in total. The van der Waals surface area contributed by atoms with Gasteiger partial charge in [-0.1, -0.05) is 5.21 Å². The number of hydrogen-bond donors (Lipinski definition) is 4. The van der Waals surface area contributed by atoms with Crippen LogP contribution in [0, 0.1) is 31.3 Å². The Bertz CT molecular complexity index is 1240. The van der Waals surface area contributed by atoms with Crippen molar-refractivity contribution < 1.29 is 42.8 Å². The van der Waals surface area contributed by atoms with Crippen molar-refractivity contribution in [3.63, 3.8) is 0 Å². The molecule has 1 unspecified atom stereocenters. The highest BCUT2D eigenvalue weighted by atomic mass is 32.2. The first kappa shape index (κ1) is 27.5. The van der Waals surface area contributed by atoms with Crippen molar-refractivity contribution in [1.29, 1.82) is 0 Å². The van der Waals surface area contributed by atoms with Gasteiger partial charge in [0.1, 0.15) is 41.2 Å². The number of aliphatic hydroxyl groups is 4. The first-order valence-corrected chi connectivity index (χ1v) is 12.3. The van der Waals surface area contributed by atoms with Gasteiger partial charge in [0, 0.05) is 12.5 Å². The van der Waals surface area contributed by atoms with Crippen LogP contribution >= 0.6 is 11.8 Å². The maximum absolute atomic E-state index is 13.7. The van der Waals surface area contributed by atoms with Crippen LogP contribution in [0.5, 0.6) is 0 Å². The Hall–Kier alpha value is -2.49. The Kier molecular flexibility index (Phi) is 7.70. The SMILES string of the molecule is Cc1nc(C(S[C@@H]2O[C@H](CO)[C@H](O)[C@H](n3cc(-c4cc(F)c(F)c(F)c4)nn3)[C@H]2O)C(C)(C)O)c(C)o1. The quantitative estimate of drug-likeness (QED) is 0.327. The topological polar surface area (TPSA) is 147 Å². The third-order valence-electron chi connectivity index (χ3n) is 6.04. The summed E-state index contributed by atoms with van der Waals surface area (Å²) >= 11 is 1.02. The lowest BCUT2D eigenvalue weighted by atomic mass is 9.97. The van der Waals surface area contributed by atoms with E-state index >= 15 is 0 Å². The number of nitrogens with zero attached hydrogens (tertiary/aromatic N) is 4. The van der Waals surface area contributed by atoms with Crippen molar-refractivity contribution in [3.05, 3.63) is 53.1 Å². The first-order chi connectivity index (χ1) is 17.3. The highest BCUT2D eigenvalue weighted by molar-refractivity contribution is 8.00. The number of oxazole rings is 1. The molecule has 6 atom stereocenters. The van der Waals surface area contributed by atoms with Crippen molar-refractivity contribution >= 4 is 11.8 Å². The van der Waals surface area contributed by atoms with E-state index in [2.05, 4.69) is 15.3 Å². The summed E-state index contributed by atoms with van der Waals surface area (Å²) < 4.78 is 53.2. The van der Waals surface area contributed by atoms with Gasteiger partial charge in [-0.2, -0.15) is 0 Å². The zero-order chi connectivity index (χ0) is 27.2. The molecule has 1 aliphatic heterocycles. The fraction of sp³-hybridized carbons (Fsp3) is 0.522. The van der Waals surface area contributed by atoms with E-state index in [1.165, 1.54) is 6.20 Å². The number of halogens is 3. The first-order valence-electron chi connectivity index (χ1n) is 11.3. The largest absolute Gasteiger partial charge is 0.446 e. The molecule has 0 spiro atoms. The maximum atomic E-state index is 13.7. The predicted octanol–water partition coefficient (Wildman–Crippen LogP) is 2.19. The van der Waals surface area contributed by atoms with E-state index in [0.29, 0.717) is 17.3 Å². The van der Waals surface area contributed by atoms with Crippen molar-refractivity contribution in [1.82, 2.24) is 20.0 Å². The standard InChI is InChI=1S/C23H27F3N4O6S/c1-9-17(27-10(2)35-9)21(23(3,4)34)37-22-20(33)18(19(32)15(8-31)36-22)30-7-14(28-29-30)11-5-12(24)16(26)13(25)6-11/h5-7,15,18-22,31-34H,8H2,1-4H3/t15-,18+,19+,20-,21?,22+/m1/s1. The summed E-state index contributed by atoms with van der Waals surface area (Å²) in [6.45, 7) is 5.86. The van der Waals surface area contributed by atoms with Crippen LogP contribution in [0.15, 0.2) is 22.7 Å². The third-order valence-corrected chi connectivity index (χ3v) is 7.77. The number of thioether (sulfide) groups is 1. The average molecular weight is 545 g/mol. The fourth-order valence-corrected chi connectivity index (χ4v) is 5.72. The van der Waals surface area contributed by atoms with Crippen LogP contribution in [0.25, 0.3) is 11.3 Å². The Balaban J connectivity index is 1.67. The molecular formula is C23H27F3N4O6S. The molecule has 3 heterocycles. The molecule has 3 aromatic rings. The molecule has 1 saturated heterocycles. The van der Waals surface area contributed by atoms with Crippen LogP contribution in [-0.2, 0) is 4.74 Å². The highest BCUT2D eigenvalue weighted by Gasteiger charge is 2.48. The zero-order valence-corrected chi connectivity index (χ0v) is 21.2. The minimum absolute atomic E-state index is 0.0449. The molecular weight excluding hydrogens is 517 g/mol. The van der Waals surface area contributed by atoms with Gasteiger partial charge in [-0.3, -0.25) is 0 Å². The molecule has 0 saturated carbocycles. The summed E-state index contributed by atoms with van der Waals surface area (Å²) in [5.74, 6) is -3.60. The van der Waals surface area contributed by atoms with E-state index in [1.54, 1.807) is 27.7 Å². The van der Waals surface area contributed by atoms with Crippen molar-refractivity contribution in [2.75, 3.05) is 6.61 Å². The molecule has 0 radical (unpaired) electrons. The summed E-state index contributed by atoms with van der Waals surface area (Å²) in [6, 6.07) is 0.284. The number of aromatic nitrogens is 4. The lowest BCUT2D eigenvalue weighted by molar-refractivity contribution is -0.179. The van der Waals surface area contributed by atoms with Crippen molar-refractivity contribution in [2.24, 2.45) is 0 Å². The van der Waals surface area contributed by atoms with E-state index in [0.717, 1.165) is 28.6 Å². The van der Waals surface area contributed by atoms with Crippen molar-refractivity contribution in [3.8, 4) is 11.3 Å². The second-order valence-corrected chi connectivity index (χ2v) is 10.6. The number of aryl methyl sites for hydroxylation is 2. The van der Waals surface area contributed by atoms with E-state index in [4.69, 9.17) is 9.15 Å². The minimum Gasteiger partial charge on any atom is -0.446 e. The zero-order valence-electron chi connectivity index (χ0n) is 20.3. The summed E-state index contributed by atoms with van der Waals surface area (Å²) in [5.41, 5.74) is -2.15. The van der Waals surface area contributed by atoms with Gasteiger partial charge in [0.05, 0.1) is 29.3 Å². The highest BCUT2D eigenvalue weighted by Crippen LogP contribution is 2.46. The molecule has 202 valence electrons. The molecule has 0 aliphatic carbocycles. The summed E-state index contributed by atoms with van der Waals surface area (Å²) in [5, 5.41) is 49.8. The van der Waals surface area contributed by atoms with Gasteiger partial charge in [-0.25, -0.2) is 22.8 Å². The Morgan fingerprint density at radius 3 is 2.32 bits per heavy atom. The number of aliphatic hydroxyl groups excluding tert-OH is 3. The number of benzene rings is 1. The molecule has 10 nitrogen and oxygen atoms in total. The fourth-order valence-electron chi connectivity index (χ4n) is 4.24. The van der Waals surface area contributed by atoms with Gasteiger partial charge in [0.15, 0.2) is 23.3 Å². The number of ether oxygens (including phenoxy) is 1. The lowest BCUT2D eigenvalue weighted by Gasteiger charge is -2.43. The van der Waals surface area contributed by atoms with Gasteiger partial charge in [0.2, 0.25) is 0 Å². The molecule has 0 amide bonds. The normalized spacial score (nSPS) is 25.4. The van der Waals surface area contributed by atoms with E-state index in [1.807, 2.05) is 0 Å². The Labute approximate surface area is 214 Å². The van der Waals surface area contributed by atoms with Crippen LogP contribution < -0.4 is 0 Å². The van der Waals surface area contributed by atoms with Crippen LogP contribution in [0.2, 0.25) is 0 Å². The molecule has 2 aromatic heterocycles. The van der Waals surface area contributed by atoms with Gasteiger partial charge in [-0.15, -0.1) is 16.9 Å². The molecule has 0 bridgehead atoms. The van der Waals surface area contributed by atoms with Crippen LogP contribution in [0.3, 0.4) is 0 Å². The number of rotatable bonds is 7. The van der Waals surface area contributed by atoms with E-state index in [9.17, 15) is 33.6 Å². The molecule has 1 fully saturated rings. The van der Waals surface area contributed by atoms with Gasteiger partial charge < -0.3 is 29.6 Å². The smallest absolute Gasteiger partial charge is 0.194 e. The van der Waals surface area contributed by atoms with Crippen molar-refractivity contribution in [2.45, 2.75) is 68.3 Å². The van der Waals surface area contributed by atoms with E-state index < -0.39 is 64.7 Å². The average Bonchev–Trinajstić information content (AvgIpc) is 3.42. The third kappa shape index (κ3) is 5.40. The summed E-state index contributed by atoms with van der Waals surface area (Å²) in [7, 11) is 0. The predicted molar refractivity (Wildman–Crippen MR) is 125 cm³/mol. The van der Waals surface area contributed by atoms with Crippen LogP contribution in [0.4, 0.5) is 13.2 Å².